The van der Waals surface area contributed by atoms with Gasteiger partial charge in [0.1, 0.15) is 22.9 Å². The van der Waals surface area contributed by atoms with Crippen molar-refractivity contribution in [2.75, 3.05) is 17.7 Å². The molecule has 7 nitrogen and oxygen atoms in total. The summed E-state index contributed by atoms with van der Waals surface area (Å²) in [5.74, 6) is -2.80. The molecule has 38 heavy (non-hydrogen) atoms. The molecule has 0 fully saturated rings. The van der Waals surface area contributed by atoms with Gasteiger partial charge in [-0.25, -0.2) is 28.5 Å². The van der Waals surface area contributed by atoms with Crippen LogP contribution in [0.3, 0.4) is 0 Å². The zero-order chi connectivity index (χ0) is 26.6. The van der Waals surface area contributed by atoms with Crippen molar-refractivity contribution >= 4 is 34.6 Å². The van der Waals surface area contributed by atoms with Gasteiger partial charge in [-0.3, -0.25) is 4.79 Å². The van der Waals surface area contributed by atoms with Crippen molar-refractivity contribution in [1.82, 2.24) is 9.97 Å². The fourth-order valence-electron chi connectivity index (χ4n) is 3.75. The van der Waals surface area contributed by atoms with E-state index in [0.717, 1.165) is 17.0 Å². The minimum Gasteiger partial charge on any atom is -0.494 e. The first-order valence-electron chi connectivity index (χ1n) is 11.2. The van der Waals surface area contributed by atoms with Crippen molar-refractivity contribution < 1.29 is 27.7 Å². The van der Waals surface area contributed by atoms with Crippen molar-refractivity contribution in [3.8, 4) is 27.6 Å². The summed E-state index contributed by atoms with van der Waals surface area (Å²) in [5.41, 5.74) is 3.68. The summed E-state index contributed by atoms with van der Waals surface area (Å²) in [4.78, 5) is 25.3. The SMILES string of the molecule is COc1ccc(Nc2nc(-c3scnc3-c3cccc(NC(=O)c4c(F)cccc4F)c3)cc[nH+]2)cc1F. The van der Waals surface area contributed by atoms with E-state index in [9.17, 15) is 18.0 Å². The molecule has 0 bridgehead atoms. The molecule has 3 aromatic carbocycles. The minimum absolute atomic E-state index is 0.132. The first kappa shape index (κ1) is 24.9. The van der Waals surface area contributed by atoms with Gasteiger partial charge in [0.25, 0.3) is 5.91 Å². The fraction of sp³-hybridized carbons (Fsp3) is 0.0370. The molecule has 0 spiro atoms. The number of thiazole rings is 1. The lowest BCUT2D eigenvalue weighted by atomic mass is 10.1. The second-order valence-corrected chi connectivity index (χ2v) is 8.81. The number of methoxy groups -OCH3 is 1. The number of hydrogen-bond acceptors (Lipinski definition) is 6. The van der Waals surface area contributed by atoms with Crippen LogP contribution in [-0.4, -0.2) is 23.0 Å². The standard InChI is InChI=1S/C27H18F3N5O2S/c1-37-22-9-8-17(13-20(22)30)34-27-31-11-10-21(35-27)25-24(32-14-38-25)15-4-2-5-16(12-15)33-26(36)23-18(28)6-3-7-19(23)29/h2-14H,1H3,(H,33,36)(H,31,34,35)/p+1. The van der Waals surface area contributed by atoms with Gasteiger partial charge >= 0.3 is 5.95 Å². The number of anilines is 3. The molecule has 0 atom stereocenters. The summed E-state index contributed by atoms with van der Waals surface area (Å²) >= 11 is 1.36. The Morgan fingerprint density at radius 3 is 2.50 bits per heavy atom. The zero-order valence-electron chi connectivity index (χ0n) is 19.8. The van der Waals surface area contributed by atoms with Crippen LogP contribution in [0, 0.1) is 17.5 Å². The molecule has 190 valence electrons. The highest BCUT2D eigenvalue weighted by Crippen LogP contribution is 2.35. The van der Waals surface area contributed by atoms with Crippen LogP contribution in [-0.2, 0) is 0 Å². The summed E-state index contributed by atoms with van der Waals surface area (Å²) in [6, 6.07) is 16.2. The van der Waals surface area contributed by atoms with E-state index in [2.05, 4.69) is 25.6 Å². The maximum atomic E-state index is 14.1. The number of amides is 1. The van der Waals surface area contributed by atoms with Crippen LogP contribution in [0.2, 0.25) is 0 Å². The third kappa shape index (κ3) is 5.18. The smallest absolute Gasteiger partial charge is 0.394 e. The molecule has 0 aliphatic carbocycles. The van der Waals surface area contributed by atoms with Gasteiger partial charge in [0, 0.05) is 23.4 Å². The van der Waals surface area contributed by atoms with E-state index in [0.29, 0.717) is 34.3 Å². The van der Waals surface area contributed by atoms with E-state index in [4.69, 9.17) is 4.74 Å². The van der Waals surface area contributed by atoms with Crippen molar-refractivity contribution in [2.24, 2.45) is 0 Å². The fourth-order valence-corrected chi connectivity index (χ4v) is 4.53. The van der Waals surface area contributed by atoms with Crippen molar-refractivity contribution in [3.63, 3.8) is 0 Å². The highest BCUT2D eigenvalue weighted by atomic mass is 32.1. The summed E-state index contributed by atoms with van der Waals surface area (Å²) < 4.78 is 47.1. The van der Waals surface area contributed by atoms with Crippen LogP contribution in [0.25, 0.3) is 21.8 Å². The second kappa shape index (κ2) is 10.7. The summed E-state index contributed by atoms with van der Waals surface area (Å²) in [5, 5.41) is 5.56. The molecule has 0 aliphatic heterocycles. The Morgan fingerprint density at radius 1 is 0.947 bits per heavy atom. The van der Waals surface area contributed by atoms with E-state index < -0.39 is 28.9 Å². The van der Waals surface area contributed by atoms with E-state index in [-0.39, 0.29) is 5.75 Å². The number of carbonyl (C=O) groups excluding carboxylic acids is 1. The monoisotopic (exact) mass is 534 g/mol. The lowest BCUT2D eigenvalue weighted by molar-refractivity contribution is -0.364. The molecule has 0 unspecified atom stereocenters. The number of aromatic amines is 1. The molecule has 1 amide bonds. The number of benzene rings is 3. The maximum Gasteiger partial charge on any atom is 0.394 e. The molecular weight excluding hydrogens is 515 g/mol. The number of hydrogen-bond donors (Lipinski definition) is 2. The summed E-state index contributed by atoms with van der Waals surface area (Å²) in [6.07, 6.45) is 1.69. The van der Waals surface area contributed by atoms with Crippen LogP contribution in [0.1, 0.15) is 10.4 Å². The number of ether oxygens (including phenoxy) is 1. The predicted molar refractivity (Wildman–Crippen MR) is 138 cm³/mol. The zero-order valence-corrected chi connectivity index (χ0v) is 20.6. The number of nitrogens with one attached hydrogen (secondary N) is 3. The second-order valence-electron chi connectivity index (χ2n) is 7.96. The average molecular weight is 535 g/mol. The summed E-state index contributed by atoms with van der Waals surface area (Å²) in [6.45, 7) is 0. The summed E-state index contributed by atoms with van der Waals surface area (Å²) in [7, 11) is 1.39. The Morgan fingerprint density at radius 2 is 1.74 bits per heavy atom. The van der Waals surface area contributed by atoms with Crippen molar-refractivity contribution in [1.29, 1.82) is 0 Å². The normalized spacial score (nSPS) is 10.7. The third-order valence-corrected chi connectivity index (χ3v) is 6.34. The predicted octanol–water partition coefficient (Wildman–Crippen LogP) is 6.11. The van der Waals surface area contributed by atoms with Crippen LogP contribution >= 0.6 is 11.3 Å². The van der Waals surface area contributed by atoms with Crippen LogP contribution in [0.4, 0.5) is 30.5 Å². The van der Waals surface area contributed by atoms with Crippen LogP contribution < -0.4 is 20.4 Å². The average Bonchev–Trinajstić information content (AvgIpc) is 3.39. The number of nitrogens with zero attached hydrogens (tertiary/aromatic N) is 2. The molecular formula is C27H19F3N5O2S+. The molecule has 0 saturated carbocycles. The quantitative estimate of drug-likeness (QED) is 0.263. The first-order chi connectivity index (χ1) is 18.4. The molecule has 2 aromatic heterocycles. The van der Waals surface area contributed by atoms with Gasteiger partial charge in [-0.05, 0) is 36.4 Å². The van der Waals surface area contributed by atoms with Crippen LogP contribution in [0.5, 0.6) is 5.75 Å². The van der Waals surface area contributed by atoms with Gasteiger partial charge in [0.15, 0.2) is 17.3 Å². The number of rotatable bonds is 7. The van der Waals surface area contributed by atoms with Gasteiger partial charge < -0.3 is 10.1 Å². The number of carbonyl (C=O) groups is 1. The molecule has 0 aliphatic rings. The van der Waals surface area contributed by atoms with E-state index >= 15 is 0 Å². The number of H-pyrrole nitrogens is 1. The maximum absolute atomic E-state index is 14.1. The topological polar surface area (TPSA) is 90.3 Å². The highest BCUT2D eigenvalue weighted by Gasteiger charge is 2.20. The van der Waals surface area contributed by atoms with Gasteiger partial charge in [-0.15, -0.1) is 11.3 Å². The Labute approximate surface area is 219 Å². The first-order valence-corrected chi connectivity index (χ1v) is 12.1. The molecule has 5 aromatic rings. The Hall–Kier alpha value is -4.77. The molecule has 5 rings (SSSR count). The Balaban J connectivity index is 1.40. The molecule has 11 heteroatoms. The van der Waals surface area contributed by atoms with Gasteiger partial charge in [-0.2, -0.15) is 0 Å². The van der Waals surface area contributed by atoms with Crippen molar-refractivity contribution in [2.45, 2.75) is 0 Å². The van der Waals surface area contributed by atoms with E-state index in [1.165, 1.54) is 36.6 Å². The number of aromatic nitrogens is 3. The molecule has 0 saturated heterocycles. The largest absolute Gasteiger partial charge is 0.494 e. The molecule has 2 heterocycles. The van der Waals surface area contributed by atoms with Crippen molar-refractivity contribution in [3.05, 3.63) is 101 Å². The lowest BCUT2D eigenvalue weighted by Crippen LogP contribution is -2.15. The van der Waals surface area contributed by atoms with E-state index in [1.807, 2.05) is 0 Å². The lowest BCUT2D eigenvalue weighted by Gasteiger charge is -2.09. The van der Waals surface area contributed by atoms with Crippen LogP contribution in [0.15, 0.2) is 78.4 Å². The highest BCUT2D eigenvalue weighted by molar-refractivity contribution is 7.13. The van der Waals surface area contributed by atoms with Gasteiger partial charge in [0.2, 0.25) is 0 Å². The third-order valence-electron chi connectivity index (χ3n) is 5.49. The molecule has 3 N–H and O–H groups in total. The Bertz CT molecular complexity index is 1620. The minimum atomic E-state index is -0.950. The number of halogens is 3. The van der Waals surface area contributed by atoms with Gasteiger partial charge in [-0.1, -0.05) is 23.2 Å². The van der Waals surface area contributed by atoms with E-state index in [1.54, 1.807) is 48.1 Å². The Kier molecular flexibility index (Phi) is 7.00. The molecule has 0 radical (unpaired) electrons. The van der Waals surface area contributed by atoms with Gasteiger partial charge in [0.05, 0.1) is 29.4 Å².